The average molecular weight is 317 g/mol. The first-order chi connectivity index (χ1) is 10.7. The Hall–Kier alpha value is -1.88. The maximum absolute atomic E-state index is 12.3. The van der Waals surface area contributed by atoms with Gasteiger partial charge in [-0.3, -0.25) is 4.79 Å². The molecule has 5 nitrogen and oxygen atoms in total. The molecule has 0 radical (unpaired) electrons. The SMILES string of the molecule is O=C(CNc1ncnc2cc(Cl)ccc12)N1CCC2CC2C1. The van der Waals surface area contributed by atoms with E-state index in [2.05, 4.69) is 15.3 Å². The van der Waals surface area contributed by atoms with Crippen LogP contribution in [0.1, 0.15) is 12.8 Å². The molecule has 2 unspecified atom stereocenters. The summed E-state index contributed by atoms with van der Waals surface area (Å²) >= 11 is 5.98. The van der Waals surface area contributed by atoms with Crippen molar-refractivity contribution in [2.75, 3.05) is 25.0 Å². The Morgan fingerprint density at radius 2 is 2.27 bits per heavy atom. The van der Waals surface area contributed by atoms with Crippen LogP contribution in [0.3, 0.4) is 0 Å². The minimum absolute atomic E-state index is 0.145. The van der Waals surface area contributed by atoms with Crippen LogP contribution in [0.25, 0.3) is 10.9 Å². The lowest BCUT2D eigenvalue weighted by atomic mass is 10.1. The topological polar surface area (TPSA) is 58.1 Å². The second-order valence-electron chi connectivity index (χ2n) is 6.12. The van der Waals surface area contributed by atoms with Crippen molar-refractivity contribution in [2.24, 2.45) is 11.8 Å². The number of anilines is 1. The van der Waals surface area contributed by atoms with Crippen LogP contribution in [0.15, 0.2) is 24.5 Å². The van der Waals surface area contributed by atoms with Crippen molar-refractivity contribution in [1.82, 2.24) is 14.9 Å². The molecule has 1 aromatic heterocycles. The Morgan fingerprint density at radius 1 is 1.36 bits per heavy atom. The summed E-state index contributed by atoms with van der Waals surface area (Å²) in [6, 6.07) is 5.47. The molecule has 2 fully saturated rings. The fourth-order valence-electron chi connectivity index (χ4n) is 3.25. The number of rotatable bonds is 3. The van der Waals surface area contributed by atoms with E-state index in [1.807, 2.05) is 11.0 Å². The predicted octanol–water partition coefficient (Wildman–Crippen LogP) is 2.56. The quantitative estimate of drug-likeness (QED) is 0.945. The van der Waals surface area contributed by atoms with E-state index in [0.717, 1.165) is 42.2 Å². The lowest BCUT2D eigenvalue weighted by Gasteiger charge is -2.26. The number of benzene rings is 1. The predicted molar refractivity (Wildman–Crippen MR) is 85.8 cm³/mol. The normalized spacial score (nSPS) is 23.2. The highest BCUT2D eigenvalue weighted by Gasteiger charge is 2.42. The third-order valence-corrected chi connectivity index (χ3v) is 4.89. The van der Waals surface area contributed by atoms with Crippen molar-refractivity contribution < 1.29 is 4.79 Å². The van der Waals surface area contributed by atoms with E-state index >= 15 is 0 Å². The molecule has 2 atom stereocenters. The van der Waals surface area contributed by atoms with Gasteiger partial charge in [0.15, 0.2) is 0 Å². The molecule has 2 aliphatic rings. The van der Waals surface area contributed by atoms with Gasteiger partial charge in [0.25, 0.3) is 0 Å². The van der Waals surface area contributed by atoms with Crippen LogP contribution in [-0.2, 0) is 4.79 Å². The second kappa shape index (κ2) is 5.39. The Kier molecular flexibility index (Phi) is 3.37. The number of nitrogens with zero attached hydrogens (tertiary/aromatic N) is 3. The standard InChI is InChI=1S/C16H17ClN4O/c17-12-1-2-13-14(6-12)19-9-20-16(13)18-7-15(22)21-4-3-10-5-11(10)8-21/h1-2,6,9-11H,3-5,7-8H2,(H,18,19,20). The van der Waals surface area contributed by atoms with Gasteiger partial charge < -0.3 is 10.2 Å². The van der Waals surface area contributed by atoms with E-state index in [1.54, 1.807) is 12.1 Å². The zero-order chi connectivity index (χ0) is 15.1. The molecular weight excluding hydrogens is 300 g/mol. The fourth-order valence-corrected chi connectivity index (χ4v) is 3.42. The van der Waals surface area contributed by atoms with Gasteiger partial charge in [-0.05, 0) is 42.9 Å². The average Bonchev–Trinajstić information content (AvgIpc) is 3.30. The minimum atomic E-state index is 0.145. The van der Waals surface area contributed by atoms with Gasteiger partial charge in [-0.2, -0.15) is 0 Å². The van der Waals surface area contributed by atoms with Crippen molar-refractivity contribution in [2.45, 2.75) is 12.8 Å². The fraction of sp³-hybridized carbons (Fsp3) is 0.438. The highest BCUT2D eigenvalue weighted by Crippen LogP contribution is 2.44. The summed E-state index contributed by atoms with van der Waals surface area (Å²) in [5, 5.41) is 4.66. The molecule has 114 valence electrons. The van der Waals surface area contributed by atoms with Crippen LogP contribution in [0.2, 0.25) is 5.02 Å². The molecule has 0 spiro atoms. The van der Waals surface area contributed by atoms with E-state index in [9.17, 15) is 4.79 Å². The number of amides is 1. The van der Waals surface area contributed by atoms with Crippen molar-refractivity contribution >= 4 is 34.2 Å². The van der Waals surface area contributed by atoms with E-state index in [-0.39, 0.29) is 12.5 Å². The minimum Gasteiger partial charge on any atom is -0.360 e. The molecule has 1 aliphatic carbocycles. The van der Waals surface area contributed by atoms with Crippen molar-refractivity contribution in [1.29, 1.82) is 0 Å². The Balaban J connectivity index is 1.46. The summed E-state index contributed by atoms with van der Waals surface area (Å²) in [6.07, 6.45) is 3.95. The van der Waals surface area contributed by atoms with Gasteiger partial charge in [0.05, 0.1) is 12.1 Å². The molecule has 1 N–H and O–H groups in total. The van der Waals surface area contributed by atoms with Gasteiger partial charge in [0.2, 0.25) is 5.91 Å². The maximum Gasteiger partial charge on any atom is 0.241 e. The molecule has 1 aliphatic heterocycles. The Morgan fingerprint density at radius 3 is 3.14 bits per heavy atom. The highest BCUT2D eigenvalue weighted by molar-refractivity contribution is 6.31. The summed E-state index contributed by atoms with van der Waals surface area (Å²) < 4.78 is 0. The van der Waals surface area contributed by atoms with Crippen LogP contribution in [0.5, 0.6) is 0 Å². The summed E-state index contributed by atoms with van der Waals surface area (Å²) in [7, 11) is 0. The van der Waals surface area contributed by atoms with Gasteiger partial charge >= 0.3 is 0 Å². The van der Waals surface area contributed by atoms with Crippen LogP contribution < -0.4 is 5.32 Å². The van der Waals surface area contributed by atoms with Crippen molar-refractivity contribution in [3.8, 4) is 0 Å². The molecule has 22 heavy (non-hydrogen) atoms. The first-order valence-electron chi connectivity index (χ1n) is 7.62. The molecule has 1 saturated carbocycles. The maximum atomic E-state index is 12.3. The van der Waals surface area contributed by atoms with Crippen LogP contribution in [-0.4, -0.2) is 40.4 Å². The first kappa shape index (κ1) is 13.8. The van der Waals surface area contributed by atoms with Gasteiger partial charge in [-0.1, -0.05) is 11.6 Å². The number of nitrogens with one attached hydrogen (secondary N) is 1. The Bertz CT molecular complexity index is 735. The lowest BCUT2D eigenvalue weighted by Crippen LogP contribution is -2.40. The van der Waals surface area contributed by atoms with Gasteiger partial charge in [-0.25, -0.2) is 9.97 Å². The van der Waals surface area contributed by atoms with E-state index in [4.69, 9.17) is 11.6 Å². The molecule has 6 heteroatoms. The molecule has 1 saturated heterocycles. The molecule has 2 heterocycles. The van der Waals surface area contributed by atoms with Crippen LogP contribution in [0.4, 0.5) is 5.82 Å². The van der Waals surface area contributed by atoms with Crippen molar-refractivity contribution in [3.63, 3.8) is 0 Å². The third kappa shape index (κ3) is 2.61. The number of halogens is 1. The van der Waals surface area contributed by atoms with Gasteiger partial charge in [0.1, 0.15) is 12.1 Å². The molecule has 1 aromatic carbocycles. The number of hydrogen-bond donors (Lipinski definition) is 1. The molecular formula is C16H17ClN4O. The number of hydrogen-bond acceptors (Lipinski definition) is 4. The van der Waals surface area contributed by atoms with Crippen molar-refractivity contribution in [3.05, 3.63) is 29.5 Å². The van der Waals surface area contributed by atoms with E-state index in [0.29, 0.717) is 10.8 Å². The highest BCUT2D eigenvalue weighted by atomic mass is 35.5. The largest absolute Gasteiger partial charge is 0.360 e. The van der Waals surface area contributed by atoms with Crippen LogP contribution >= 0.6 is 11.6 Å². The monoisotopic (exact) mass is 316 g/mol. The Labute approximate surface area is 133 Å². The number of likely N-dealkylation sites (tertiary alicyclic amines) is 1. The molecule has 4 rings (SSSR count). The van der Waals surface area contributed by atoms with Crippen LogP contribution in [0, 0.1) is 11.8 Å². The second-order valence-corrected chi connectivity index (χ2v) is 6.56. The number of carbonyl (C=O) groups excluding carboxylic acids is 1. The third-order valence-electron chi connectivity index (χ3n) is 4.65. The molecule has 0 bridgehead atoms. The molecule has 2 aromatic rings. The number of fused-ring (bicyclic) bond motifs is 2. The molecule has 1 amide bonds. The summed E-state index contributed by atoms with van der Waals surface area (Å²) in [4.78, 5) is 22.7. The number of piperidine rings is 1. The number of carbonyl (C=O) groups is 1. The van der Waals surface area contributed by atoms with E-state index < -0.39 is 0 Å². The van der Waals surface area contributed by atoms with E-state index in [1.165, 1.54) is 12.7 Å². The van der Waals surface area contributed by atoms with Gasteiger partial charge in [-0.15, -0.1) is 0 Å². The first-order valence-corrected chi connectivity index (χ1v) is 8.00. The smallest absolute Gasteiger partial charge is 0.241 e. The summed E-state index contributed by atoms with van der Waals surface area (Å²) in [6.45, 7) is 2.08. The zero-order valence-corrected chi connectivity index (χ0v) is 12.9. The van der Waals surface area contributed by atoms with Gasteiger partial charge in [0, 0.05) is 23.5 Å². The summed E-state index contributed by atoms with van der Waals surface area (Å²) in [5.41, 5.74) is 0.774. The summed E-state index contributed by atoms with van der Waals surface area (Å²) in [5.74, 6) is 2.45. The lowest BCUT2D eigenvalue weighted by molar-refractivity contribution is -0.130. The zero-order valence-electron chi connectivity index (χ0n) is 12.1. The number of aromatic nitrogens is 2.